The van der Waals surface area contributed by atoms with Gasteiger partial charge in [-0.1, -0.05) is 25.1 Å². The van der Waals surface area contributed by atoms with E-state index < -0.39 is 68.3 Å². The number of carbonyl (C=O) groups excluding carboxylic acids is 1. The summed E-state index contributed by atoms with van der Waals surface area (Å²) in [7, 11) is -4.46. The Morgan fingerprint density at radius 3 is 2.68 bits per heavy atom. The minimum atomic E-state index is -4.46. The number of esters is 1. The molecule has 200 valence electrons. The normalized spacial score (nSPS) is 24.9. The minimum Gasteiger partial charge on any atom is -0.463 e. The maximum Gasteiger partial charge on any atom is 0.380 e. The number of nitrogens with zero attached hydrogens (tertiary/aromatic N) is 2. The Morgan fingerprint density at radius 2 is 2.05 bits per heavy atom. The molecule has 1 fully saturated rings. The van der Waals surface area contributed by atoms with Gasteiger partial charge in [0, 0.05) is 11.8 Å². The molecule has 6 atom stereocenters. The van der Waals surface area contributed by atoms with Crippen LogP contribution in [0, 0.1) is 24.2 Å². The number of H-pyrrole nitrogens is 1. The second-order valence-corrected chi connectivity index (χ2v) is 11.2. The van der Waals surface area contributed by atoms with Crippen molar-refractivity contribution in [2.45, 2.75) is 58.3 Å². The van der Waals surface area contributed by atoms with Crippen molar-refractivity contribution in [1.29, 1.82) is 0 Å². The van der Waals surface area contributed by atoms with Gasteiger partial charge in [-0.25, -0.2) is 11.1 Å². The molecule has 1 aromatic carbocycles. The minimum absolute atomic E-state index is 0.0980. The molecule has 0 saturated carbocycles. The zero-order chi connectivity index (χ0) is 29.1. The van der Waals surface area contributed by atoms with Gasteiger partial charge >= 0.3 is 13.6 Å². The van der Waals surface area contributed by atoms with Gasteiger partial charge in [-0.15, -0.1) is 0 Å². The van der Waals surface area contributed by atoms with Crippen LogP contribution in [0.4, 0.5) is 0 Å². The molecule has 2 aromatic rings. The van der Waals surface area contributed by atoms with Crippen molar-refractivity contribution < 1.29 is 35.7 Å². The number of benzene rings is 1. The summed E-state index contributed by atoms with van der Waals surface area (Å²) in [6, 6.07) is 6.52. The van der Waals surface area contributed by atoms with E-state index >= 15 is 0 Å². The Labute approximate surface area is 222 Å². The predicted molar refractivity (Wildman–Crippen MR) is 137 cm³/mol. The zero-order valence-corrected chi connectivity index (χ0v) is 22.4. The van der Waals surface area contributed by atoms with E-state index in [1.165, 1.54) is 36.7 Å². The van der Waals surface area contributed by atoms with Crippen LogP contribution in [0.2, 0.25) is 0 Å². The average Bonchev–Trinajstić information content (AvgIpc) is 3.17. The molecule has 11 nitrogen and oxygen atoms in total. The highest BCUT2D eigenvalue weighted by atomic mass is 32.1. The molecule has 0 bridgehead atoms. The van der Waals surface area contributed by atoms with Crippen LogP contribution in [0.5, 0.6) is 5.75 Å². The number of nitrogens with one attached hydrogen (secondary N) is 1. The Kier molecular flexibility index (Phi) is 8.48. The van der Waals surface area contributed by atoms with Crippen LogP contribution in [0.1, 0.15) is 35.3 Å². The molecule has 2 N–H and O–H groups in total. The number of hydrogen-bond acceptors (Lipinski definition) is 9. The molecule has 37 heavy (non-hydrogen) atoms. The lowest BCUT2D eigenvalue weighted by atomic mass is 10.1. The van der Waals surface area contributed by atoms with Gasteiger partial charge in [-0.2, -0.15) is 0 Å². The van der Waals surface area contributed by atoms with Gasteiger partial charge < -0.3 is 23.9 Å². The van der Waals surface area contributed by atoms with E-state index in [9.17, 15) is 19.3 Å². The number of aromatic nitrogens is 2. The summed E-state index contributed by atoms with van der Waals surface area (Å²) in [5, 5.41) is 10.9. The van der Waals surface area contributed by atoms with Crippen molar-refractivity contribution in [3.63, 3.8) is 0 Å². The molecule has 1 aliphatic heterocycles. The lowest BCUT2D eigenvalue weighted by Gasteiger charge is -2.24. The number of para-hydroxylation sites is 1. The van der Waals surface area contributed by atoms with Crippen LogP contribution in [0.3, 0.4) is 0 Å². The first-order valence-electron chi connectivity index (χ1n) is 12.4. The number of aliphatic hydroxyl groups excluding tert-OH is 1. The van der Waals surface area contributed by atoms with E-state index in [1.54, 1.807) is 32.0 Å². The summed E-state index contributed by atoms with van der Waals surface area (Å²) in [6.07, 6.45) is -4.50. The molecule has 1 aliphatic rings. The first-order valence-corrected chi connectivity index (χ1v) is 13.6. The fraction of sp³-hybridized carbons (Fsp3) is 0.500. The summed E-state index contributed by atoms with van der Waals surface area (Å²) < 4.78 is 54.2. The third-order valence-corrected chi connectivity index (χ3v) is 7.54. The van der Waals surface area contributed by atoms with Crippen LogP contribution in [0.15, 0.2) is 41.3 Å². The maximum atomic E-state index is 13.9. The molecule has 2 heterocycles. The van der Waals surface area contributed by atoms with Crippen LogP contribution >= 0.6 is 19.8 Å². The SMILES string of the molecule is [2H]C([2H])(OP(=O)(C[C@@H](C)C(=O)OC(C)C)Oc1ccccc1)[C@@H]1O[C@H](n2cc(C)c(=O)[nH]c2=S)[C@H]([N+]#[C-])C1O. The van der Waals surface area contributed by atoms with E-state index in [2.05, 4.69) is 9.83 Å². The van der Waals surface area contributed by atoms with Crippen LogP contribution < -0.4 is 10.1 Å². The van der Waals surface area contributed by atoms with E-state index in [4.69, 9.17) is 40.1 Å². The van der Waals surface area contributed by atoms with E-state index in [-0.39, 0.29) is 16.1 Å². The van der Waals surface area contributed by atoms with Gasteiger partial charge in [-0.05, 0) is 45.1 Å². The number of ether oxygens (including phenoxy) is 2. The fourth-order valence-electron chi connectivity index (χ4n) is 3.53. The second kappa shape index (κ2) is 12.2. The molecule has 0 spiro atoms. The number of aliphatic hydroxyl groups is 1. The molecule has 0 radical (unpaired) electrons. The van der Waals surface area contributed by atoms with Gasteiger partial charge in [-0.3, -0.25) is 23.7 Å². The van der Waals surface area contributed by atoms with Crippen molar-refractivity contribution >= 4 is 25.8 Å². The van der Waals surface area contributed by atoms with Gasteiger partial charge in [0.05, 0.1) is 27.5 Å². The highest BCUT2D eigenvalue weighted by Gasteiger charge is 2.51. The van der Waals surface area contributed by atoms with Gasteiger partial charge in [0.2, 0.25) is 6.23 Å². The van der Waals surface area contributed by atoms with Crippen molar-refractivity contribution in [3.05, 3.63) is 68.6 Å². The van der Waals surface area contributed by atoms with E-state index in [0.717, 1.165) is 0 Å². The Bertz CT molecular complexity index is 1390. The molecule has 2 unspecified atom stereocenters. The van der Waals surface area contributed by atoms with Crippen molar-refractivity contribution in [1.82, 2.24) is 9.55 Å². The van der Waals surface area contributed by atoms with Gasteiger partial charge in [0.25, 0.3) is 11.6 Å². The third kappa shape index (κ3) is 7.15. The quantitative estimate of drug-likeness (QED) is 0.196. The number of aromatic amines is 1. The first-order chi connectivity index (χ1) is 18.2. The van der Waals surface area contributed by atoms with Crippen LogP contribution in [-0.4, -0.2) is 57.7 Å². The smallest absolute Gasteiger partial charge is 0.380 e. The Balaban J connectivity index is 1.94. The second-order valence-electron chi connectivity index (χ2n) is 8.83. The van der Waals surface area contributed by atoms with Gasteiger partial charge in [0.1, 0.15) is 11.9 Å². The van der Waals surface area contributed by atoms with E-state index in [1.807, 2.05) is 0 Å². The van der Waals surface area contributed by atoms with Crippen LogP contribution in [-0.2, 0) is 23.4 Å². The molecule has 13 heteroatoms. The van der Waals surface area contributed by atoms with Gasteiger partial charge in [0.15, 0.2) is 10.9 Å². The lowest BCUT2D eigenvalue weighted by Crippen LogP contribution is -2.32. The number of hydrogen-bond donors (Lipinski definition) is 2. The van der Waals surface area contributed by atoms with Crippen molar-refractivity contribution in [3.8, 4) is 5.75 Å². The lowest BCUT2D eigenvalue weighted by molar-refractivity contribution is -0.151. The summed E-state index contributed by atoms with van der Waals surface area (Å²) >= 11 is 5.18. The molecular formula is C24H30N3O8PS. The molecule has 1 saturated heterocycles. The molecule has 1 aromatic heterocycles. The Morgan fingerprint density at radius 1 is 1.38 bits per heavy atom. The van der Waals surface area contributed by atoms with E-state index in [0.29, 0.717) is 0 Å². The maximum absolute atomic E-state index is 13.9. The van der Waals surface area contributed by atoms with Crippen LogP contribution in [0.25, 0.3) is 4.85 Å². The highest BCUT2D eigenvalue weighted by molar-refractivity contribution is 7.71. The monoisotopic (exact) mass is 553 g/mol. The zero-order valence-electron chi connectivity index (χ0n) is 22.7. The summed E-state index contributed by atoms with van der Waals surface area (Å²) in [5.41, 5.74) is -0.204. The third-order valence-electron chi connectivity index (χ3n) is 5.35. The predicted octanol–water partition coefficient (Wildman–Crippen LogP) is 3.64. The average molecular weight is 554 g/mol. The topological polar surface area (TPSA) is 133 Å². The summed E-state index contributed by atoms with van der Waals surface area (Å²) in [5.74, 6) is -1.58. The molecule has 3 rings (SSSR count). The Hall–Kier alpha value is -2.81. The molecular weight excluding hydrogens is 521 g/mol. The molecule has 0 amide bonds. The fourth-order valence-corrected chi connectivity index (χ4v) is 5.49. The van der Waals surface area contributed by atoms with Crippen molar-refractivity contribution in [2.24, 2.45) is 5.92 Å². The largest absolute Gasteiger partial charge is 0.463 e. The number of rotatable bonds is 10. The summed E-state index contributed by atoms with van der Waals surface area (Å²) in [4.78, 5) is 30.2. The highest BCUT2D eigenvalue weighted by Crippen LogP contribution is 2.50. The van der Waals surface area contributed by atoms with Crippen molar-refractivity contribution in [2.75, 3.05) is 12.7 Å². The first kappa shape index (κ1) is 25.8. The molecule has 0 aliphatic carbocycles. The standard InChI is InChI=1S/C24H30N3O8PS/c1-14(2)33-23(30)16(4)13-36(31,35-17-9-7-6-8-10-17)32-12-18-20(28)19(25-5)22(34-18)27-11-15(3)21(29)26-24(27)37/h6-11,14,16,18-20,22,28H,12-13H2,1-4H3,(H,26,29,37)/t16-,18+,19-,20?,22+,36?/m1/s1/i12D2. The summed E-state index contributed by atoms with van der Waals surface area (Å²) in [6.45, 7) is 10.8. The number of aryl methyl sites for hydroxylation is 1. The number of carbonyl (C=O) groups is 1.